The minimum atomic E-state index is -0.348. The van der Waals surface area contributed by atoms with Gasteiger partial charge < -0.3 is 24.8 Å². The minimum Gasteiger partial charge on any atom is -0.490 e. The van der Waals surface area contributed by atoms with Crippen molar-refractivity contribution in [2.45, 2.75) is 20.8 Å². The maximum absolute atomic E-state index is 12.8. The fourth-order valence-corrected chi connectivity index (χ4v) is 2.61. The first-order valence-electron chi connectivity index (χ1n) is 9.23. The van der Waals surface area contributed by atoms with E-state index in [2.05, 4.69) is 10.6 Å². The summed E-state index contributed by atoms with van der Waals surface area (Å²) in [5.74, 6) is 0.789. The van der Waals surface area contributed by atoms with E-state index in [0.717, 1.165) is 0 Å². The normalized spacial score (nSPS) is 10.1. The highest BCUT2D eigenvalue weighted by Gasteiger charge is 2.18. The molecule has 0 aromatic heterocycles. The van der Waals surface area contributed by atoms with Crippen molar-refractivity contribution in [2.24, 2.45) is 0 Å². The van der Waals surface area contributed by atoms with Crippen molar-refractivity contribution in [1.29, 1.82) is 0 Å². The lowest BCUT2D eigenvalue weighted by Crippen LogP contribution is -2.18. The molecule has 7 nitrogen and oxygen atoms in total. The maximum atomic E-state index is 12.8. The predicted molar refractivity (Wildman–Crippen MR) is 108 cm³/mol. The van der Waals surface area contributed by atoms with Crippen LogP contribution in [0.3, 0.4) is 0 Å². The number of benzene rings is 2. The SMILES string of the molecule is CCOc1cc(C(=O)Nc2cccc(C(=O)NC)c2)cc(OCC)c1OCC. The van der Waals surface area contributed by atoms with Crippen LogP contribution < -0.4 is 24.8 Å². The monoisotopic (exact) mass is 386 g/mol. The van der Waals surface area contributed by atoms with Gasteiger partial charge in [0, 0.05) is 23.9 Å². The molecule has 150 valence electrons. The van der Waals surface area contributed by atoms with Gasteiger partial charge >= 0.3 is 0 Å². The molecule has 0 heterocycles. The van der Waals surface area contributed by atoms with E-state index in [1.165, 1.54) is 0 Å². The molecule has 2 amide bonds. The van der Waals surface area contributed by atoms with Crippen LogP contribution in [0.15, 0.2) is 36.4 Å². The molecule has 0 unspecified atom stereocenters. The average Bonchev–Trinajstić information content (AvgIpc) is 2.70. The van der Waals surface area contributed by atoms with E-state index in [0.29, 0.717) is 53.9 Å². The molecule has 0 aliphatic carbocycles. The van der Waals surface area contributed by atoms with Crippen molar-refractivity contribution in [3.63, 3.8) is 0 Å². The quantitative estimate of drug-likeness (QED) is 0.689. The van der Waals surface area contributed by atoms with Gasteiger partial charge in [0.1, 0.15) is 0 Å². The molecule has 0 atom stereocenters. The van der Waals surface area contributed by atoms with Gasteiger partial charge in [-0.1, -0.05) is 6.07 Å². The number of ether oxygens (including phenoxy) is 3. The smallest absolute Gasteiger partial charge is 0.255 e. The Balaban J connectivity index is 2.35. The average molecular weight is 386 g/mol. The molecule has 0 bridgehead atoms. The Labute approximate surface area is 165 Å². The fourth-order valence-electron chi connectivity index (χ4n) is 2.61. The van der Waals surface area contributed by atoms with Crippen molar-refractivity contribution in [3.05, 3.63) is 47.5 Å². The summed E-state index contributed by atoms with van der Waals surface area (Å²) in [6, 6.07) is 9.94. The fraction of sp³-hybridized carbons (Fsp3) is 0.333. The van der Waals surface area contributed by atoms with Crippen molar-refractivity contribution in [2.75, 3.05) is 32.2 Å². The maximum Gasteiger partial charge on any atom is 0.255 e. The van der Waals surface area contributed by atoms with Gasteiger partial charge in [0.05, 0.1) is 19.8 Å². The van der Waals surface area contributed by atoms with Crippen molar-refractivity contribution in [1.82, 2.24) is 5.32 Å². The molecule has 2 N–H and O–H groups in total. The number of carbonyl (C=O) groups excluding carboxylic acids is 2. The third kappa shape index (κ3) is 5.16. The molecule has 0 radical (unpaired) electrons. The van der Waals surface area contributed by atoms with Gasteiger partial charge in [-0.05, 0) is 51.1 Å². The highest BCUT2D eigenvalue weighted by atomic mass is 16.5. The molecule has 0 saturated carbocycles. The first kappa shape index (κ1) is 21.1. The molecule has 2 aromatic rings. The number of hydrogen-bond acceptors (Lipinski definition) is 5. The third-order valence-electron chi connectivity index (χ3n) is 3.78. The summed E-state index contributed by atoms with van der Waals surface area (Å²) in [6.45, 7) is 6.86. The number of carbonyl (C=O) groups is 2. The number of amides is 2. The number of hydrogen-bond donors (Lipinski definition) is 2. The lowest BCUT2D eigenvalue weighted by atomic mass is 10.1. The number of rotatable bonds is 9. The van der Waals surface area contributed by atoms with Gasteiger partial charge in [0.2, 0.25) is 5.75 Å². The zero-order valence-corrected chi connectivity index (χ0v) is 16.6. The summed E-state index contributed by atoms with van der Waals surface area (Å²) in [5, 5.41) is 5.35. The molecule has 2 rings (SSSR count). The topological polar surface area (TPSA) is 85.9 Å². The Morgan fingerprint density at radius 3 is 1.96 bits per heavy atom. The van der Waals surface area contributed by atoms with E-state index in [-0.39, 0.29) is 11.8 Å². The van der Waals surface area contributed by atoms with Crippen LogP contribution in [0.25, 0.3) is 0 Å². The van der Waals surface area contributed by atoms with Crippen LogP contribution in [0.4, 0.5) is 5.69 Å². The van der Waals surface area contributed by atoms with Crippen LogP contribution in [-0.4, -0.2) is 38.7 Å². The largest absolute Gasteiger partial charge is 0.490 e. The first-order valence-corrected chi connectivity index (χ1v) is 9.23. The predicted octanol–water partition coefficient (Wildman–Crippen LogP) is 3.49. The van der Waals surface area contributed by atoms with Crippen LogP contribution in [0.2, 0.25) is 0 Å². The lowest BCUT2D eigenvalue weighted by molar-refractivity contribution is 0.0961. The van der Waals surface area contributed by atoms with Gasteiger partial charge in [0.15, 0.2) is 11.5 Å². The van der Waals surface area contributed by atoms with E-state index in [1.807, 2.05) is 20.8 Å². The van der Waals surface area contributed by atoms with Crippen LogP contribution in [0, 0.1) is 0 Å². The van der Waals surface area contributed by atoms with Crippen LogP contribution >= 0.6 is 0 Å². The highest BCUT2D eigenvalue weighted by molar-refractivity contribution is 6.05. The van der Waals surface area contributed by atoms with E-state index in [9.17, 15) is 9.59 Å². The summed E-state index contributed by atoms with van der Waals surface area (Å²) in [7, 11) is 1.55. The molecule has 28 heavy (non-hydrogen) atoms. The van der Waals surface area contributed by atoms with E-state index >= 15 is 0 Å². The number of nitrogens with one attached hydrogen (secondary N) is 2. The lowest BCUT2D eigenvalue weighted by Gasteiger charge is -2.17. The van der Waals surface area contributed by atoms with Gasteiger partial charge in [-0.15, -0.1) is 0 Å². The Kier molecular flexibility index (Phi) is 7.68. The summed E-state index contributed by atoms with van der Waals surface area (Å²) >= 11 is 0. The molecule has 7 heteroatoms. The van der Waals surface area contributed by atoms with Crippen LogP contribution in [0.1, 0.15) is 41.5 Å². The minimum absolute atomic E-state index is 0.227. The van der Waals surface area contributed by atoms with Gasteiger partial charge in [0.25, 0.3) is 11.8 Å². The van der Waals surface area contributed by atoms with E-state index in [1.54, 1.807) is 43.4 Å². The van der Waals surface area contributed by atoms with Gasteiger partial charge in [-0.3, -0.25) is 9.59 Å². The standard InChI is InChI=1S/C21H26N2O5/c1-5-26-17-12-15(13-18(27-6-2)19(17)28-7-3)21(25)23-16-10-8-9-14(11-16)20(24)22-4/h8-13H,5-7H2,1-4H3,(H,22,24)(H,23,25). The van der Waals surface area contributed by atoms with Crippen molar-refractivity contribution in [3.8, 4) is 17.2 Å². The second-order valence-corrected chi connectivity index (χ2v) is 5.71. The van der Waals surface area contributed by atoms with E-state index in [4.69, 9.17) is 14.2 Å². The first-order chi connectivity index (χ1) is 13.5. The molecule has 0 aliphatic rings. The Morgan fingerprint density at radius 2 is 1.43 bits per heavy atom. The summed E-state index contributed by atoms with van der Waals surface area (Å²) in [6.07, 6.45) is 0. The zero-order valence-electron chi connectivity index (χ0n) is 16.6. The van der Waals surface area contributed by atoms with Gasteiger partial charge in [-0.25, -0.2) is 0 Å². The van der Waals surface area contributed by atoms with Crippen molar-refractivity contribution >= 4 is 17.5 Å². The molecular formula is C21H26N2O5. The third-order valence-corrected chi connectivity index (χ3v) is 3.78. The summed E-state index contributed by atoms with van der Waals surface area (Å²) in [4.78, 5) is 24.6. The molecular weight excluding hydrogens is 360 g/mol. The number of anilines is 1. The van der Waals surface area contributed by atoms with Crippen molar-refractivity contribution < 1.29 is 23.8 Å². The molecule has 0 spiro atoms. The summed E-state index contributed by atoms with van der Waals surface area (Å²) < 4.78 is 16.9. The molecule has 2 aromatic carbocycles. The second-order valence-electron chi connectivity index (χ2n) is 5.71. The van der Waals surface area contributed by atoms with Crippen LogP contribution in [-0.2, 0) is 0 Å². The zero-order chi connectivity index (χ0) is 20.5. The van der Waals surface area contributed by atoms with Crippen LogP contribution in [0.5, 0.6) is 17.2 Å². The highest BCUT2D eigenvalue weighted by Crippen LogP contribution is 2.39. The summed E-state index contributed by atoms with van der Waals surface area (Å²) in [5.41, 5.74) is 1.33. The molecule has 0 saturated heterocycles. The molecule has 0 aliphatic heterocycles. The Morgan fingerprint density at radius 1 is 0.821 bits per heavy atom. The Hall–Kier alpha value is -3.22. The second kappa shape index (κ2) is 10.2. The van der Waals surface area contributed by atoms with Gasteiger partial charge in [-0.2, -0.15) is 0 Å². The Bertz CT molecular complexity index is 808. The molecule has 0 fully saturated rings. The van der Waals surface area contributed by atoms with E-state index < -0.39 is 0 Å².